The molecule has 0 amide bonds. The summed E-state index contributed by atoms with van der Waals surface area (Å²) in [7, 11) is 0. The number of benzene rings is 9. The minimum absolute atomic E-state index is 0.661. The Morgan fingerprint density at radius 3 is 1.67 bits per heavy atom. The normalized spacial score (nSPS) is 11.5. The Balaban J connectivity index is 0.991. The van der Waals surface area contributed by atoms with Crippen molar-refractivity contribution in [1.82, 2.24) is 14.5 Å². The van der Waals surface area contributed by atoms with Crippen LogP contribution in [0.15, 0.2) is 235 Å². The van der Waals surface area contributed by atoms with Gasteiger partial charge in [0.15, 0.2) is 5.82 Å². The van der Waals surface area contributed by atoms with Crippen molar-refractivity contribution in [2.45, 2.75) is 0 Å². The second-order valence-electron chi connectivity index (χ2n) is 15.8. The summed E-state index contributed by atoms with van der Waals surface area (Å²) in [6, 6.07) is 80.7. The average molecular weight is 807 g/mol. The molecule has 0 N–H and O–H groups in total. The molecule has 0 aliphatic heterocycles. The third-order valence-electron chi connectivity index (χ3n) is 12.0. The van der Waals surface area contributed by atoms with E-state index in [1.54, 1.807) is 0 Å². The second kappa shape index (κ2) is 15.2. The minimum atomic E-state index is 0.661. The van der Waals surface area contributed by atoms with Crippen LogP contribution >= 0.6 is 0 Å². The smallest absolute Gasteiger partial charge is 0.160 e. The van der Waals surface area contributed by atoms with Crippen LogP contribution in [-0.4, -0.2) is 14.5 Å². The molecule has 0 atom stereocenters. The first-order valence-electron chi connectivity index (χ1n) is 21.2. The molecule has 0 saturated heterocycles. The molecule has 0 spiro atoms. The fraction of sp³-hybridized carbons (Fsp3) is 0. The Hall–Kier alpha value is -8.54. The van der Waals surface area contributed by atoms with Gasteiger partial charge < -0.3 is 13.9 Å². The lowest BCUT2D eigenvalue weighted by molar-refractivity contribution is 0.669. The first-order chi connectivity index (χ1) is 31.2. The lowest BCUT2D eigenvalue weighted by Crippen LogP contribution is -2.09. The Kier molecular flexibility index (Phi) is 8.75. The Morgan fingerprint density at radius 2 is 0.937 bits per heavy atom. The summed E-state index contributed by atoms with van der Waals surface area (Å²) in [5.41, 5.74) is 15.1. The number of hydrogen-bond acceptors (Lipinski definition) is 4. The van der Waals surface area contributed by atoms with Gasteiger partial charge in [0.05, 0.1) is 22.4 Å². The fourth-order valence-electron chi connectivity index (χ4n) is 9.08. The van der Waals surface area contributed by atoms with Crippen molar-refractivity contribution < 1.29 is 4.42 Å². The lowest BCUT2D eigenvalue weighted by atomic mass is 10.0. The number of fused-ring (bicyclic) bond motifs is 6. The van der Waals surface area contributed by atoms with Gasteiger partial charge in [0.2, 0.25) is 0 Å². The van der Waals surface area contributed by atoms with Crippen molar-refractivity contribution in [3.8, 4) is 50.7 Å². The molecule has 0 saturated carbocycles. The van der Waals surface area contributed by atoms with Crippen molar-refractivity contribution in [1.29, 1.82) is 0 Å². The highest BCUT2D eigenvalue weighted by Crippen LogP contribution is 2.42. The zero-order valence-electron chi connectivity index (χ0n) is 34.1. The molecule has 0 bridgehead atoms. The molecule has 5 nitrogen and oxygen atoms in total. The van der Waals surface area contributed by atoms with E-state index in [2.05, 4.69) is 210 Å². The number of rotatable bonds is 8. The van der Waals surface area contributed by atoms with E-state index in [1.807, 2.05) is 30.3 Å². The topological polar surface area (TPSA) is 47.1 Å². The van der Waals surface area contributed by atoms with Crippen LogP contribution in [-0.2, 0) is 0 Å². The van der Waals surface area contributed by atoms with Crippen LogP contribution in [0.5, 0.6) is 0 Å². The highest BCUT2D eigenvalue weighted by atomic mass is 16.3. The van der Waals surface area contributed by atoms with Gasteiger partial charge in [-0.25, -0.2) is 9.97 Å². The van der Waals surface area contributed by atoms with Gasteiger partial charge in [-0.05, 0) is 83.9 Å². The Morgan fingerprint density at radius 1 is 0.365 bits per heavy atom. The van der Waals surface area contributed by atoms with Crippen molar-refractivity contribution in [2.24, 2.45) is 0 Å². The molecule has 3 heterocycles. The number of anilines is 3. The molecule has 5 heteroatoms. The van der Waals surface area contributed by atoms with Gasteiger partial charge in [0.25, 0.3) is 0 Å². The lowest BCUT2D eigenvalue weighted by Gasteiger charge is -2.25. The molecular formula is C58H38N4O. The number of aromatic nitrogens is 3. The highest BCUT2D eigenvalue weighted by Gasteiger charge is 2.20. The van der Waals surface area contributed by atoms with Gasteiger partial charge in [-0.15, -0.1) is 0 Å². The molecule has 9 aromatic carbocycles. The maximum absolute atomic E-state index is 6.74. The van der Waals surface area contributed by atoms with Crippen LogP contribution in [0.4, 0.5) is 17.1 Å². The van der Waals surface area contributed by atoms with Gasteiger partial charge in [-0.3, -0.25) is 0 Å². The summed E-state index contributed by atoms with van der Waals surface area (Å²) in [5.74, 6) is 0.661. The molecule has 0 aliphatic rings. The summed E-state index contributed by atoms with van der Waals surface area (Å²) < 4.78 is 9.09. The summed E-state index contributed by atoms with van der Waals surface area (Å²) in [4.78, 5) is 12.8. The van der Waals surface area contributed by atoms with Crippen LogP contribution in [0.1, 0.15) is 0 Å². The number of hydrogen-bond donors (Lipinski definition) is 0. The summed E-state index contributed by atoms with van der Waals surface area (Å²) >= 11 is 0. The number of furan rings is 1. The molecule has 63 heavy (non-hydrogen) atoms. The van der Waals surface area contributed by atoms with Crippen LogP contribution < -0.4 is 4.90 Å². The van der Waals surface area contributed by atoms with E-state index in [0.717, 1.165) is 72.8 Å². The monoisotopic (exact) mass is 806 g/mol. The minimum Gasteiger partial charge on any atom is -0.456 e. The molecular weight excluding hydrogens is 769 g/mol. The Bertz CT molecular complexity index is 3560. The zero-order chi connectivity index (χ0) is 41.7. The average Bonchev–Trinajstić information content (AvgIpc) is 3.91. The standard InChI is InChI=1S/C58H38N4O/c1-4-16-39(17-5-1)40-30-32-44(33-31-40)61(43-21-8-3-9-22-43)46-34-35-50-56(37-46)63-55-29-15-26-49(57(50)55)52-38-51(59-58(60-52)41-18-6-2-7-19-41)42-20-14-23-45(36-42)62-53-27-12-10-24-47(53)48-25-11-13-28-54(48)62/h1-38H. The van der Waals surface area contributed by atoms with Gasteiger partial charge in [0.1, 0.15) is 11.2 Å². The summed E-state index contributed by atoms with van der Waals surface area (Å²) in [6.45, 7) is 0. The van der Waals surface area contributed by atoms with E-state index in [4.69, 9.17) is 14.4 Å². The van der Waals surface area contributed by atoms with Gasteiger partial charge in [-0.2, -0.15) is 0 Å². The van der Waals surface area contributed by atoms with Gasteiger partial charge in [0, 0.05) is 67.1 Å². The molecule has 0 unspecified atom stereocenters. The van der Waals surface area contributed by atoms with Crippen LogP contribution in [0, 0.1) is 0 Å². The van der Waals surface area contributed by atoms with E-state index in [0.29, 0.717) is 5.82 Å². The molecule has 12 rings (SSSR count). The van der Waals surface area contributed by atoms with Crippen molar-refractivity contribution in [3.63, 3.8) is 0 Å². The van der Waals surface area contributed by atoms with Crippen LogP contribution in [0.3, 0.4) is 0 Å². The maximum atomic E-state index is 6.74. The first-order valence-corrected chi connectivity index (χ1v) is 21.2. The molecule has 12 aromatic rings. The van der Waals surface area contributed by atoms with E-state index < -0.39 is 0 Å². The van der Waals surface area contributed by atoms with E-state index >= 15 is 0 Å². The zero-order valence-corrected chi connectivity index (χ0v) is 34.1. The predicted molar refractivity (Wildman–Crippen MR) is 260 cm³/mol. The second-order valence-corrected chi connectivity index (χ2v) is 15.8. The number of nitrogens with zero attached hydrogens (tertiary/aromatic N) is 4. The molecule has 3 aromatic heterocycles. The van der Waals surface area contributed by atoms with Crippen molar-refractivity contribution in [2.75, 3.05) is 4.90 Å². The highest BCUT2D eigenvalue weighted by molar-refractivity contribution is 6.13. The number of para-hydroxylation sites is 3. The largest absolute Gasteiger partial charge is 0.456 e. The first kappa shape index (κ1) is 36.3. The quantitative estimate of drug-likeness (QED) is 0.153. The van der Waals surface area contributed by atoms with Crippen molar-refractivity contribution >= 4 is 60.8 Å². The molecule has 0 radical (unpaired) electrons. The van der Waals surface area contributed by atoms with Gasteiger partial charge in [-0.1, -0.05) is 152 Å². The van der Waals surface area contributed by atoms with E-state index in [9.17, 15) is 0 Å². The maximum Gasteiger partial charge on any atom is 0.160 e. The van der Waals surface area contributed by atoms with Crippen LogP contribution in [0.25, 0.3) is 94.5 Å². The third-order valence-corrected chi connectivity index (χ3v) is 12.0. The van der Waals surface area contributed by atoms with Crippen molar-refractivity contribution in [3.05, 3.63) is 231 Å². The SMILES string of the molecule is c1ccc(-c2ccc(N(c3ccccc3)c3ccc4c(c3)oc3cccc(-c5cc(-c6cccc(-n7c8ccccc8c8ccccc87)c6)nc(-c6ccccc6)n5)c34)cc2)cc1. The third kappa shape index (κ3) is 6.42. The molecule has 0 aliphatic carbocycles. The summed E-state index contributed by atoms with van der Waals surface area (Å²) in [6.07, 6.45) is 0. The Labute approximate surface area is 364 Å². The van der Waals surface area contributed by atoms with Gasteiger partial charge >= 0.3 is 0 Å². The molecule has 296 valence electrons. The van der Waals surface area contributed by atoms with E-state index in [-0.39, 0.29) is 0 Å². The fourth-order valence-corrected chi connectivity index (χ4v) is 9.08. The summed E-state index contributed by atoms with van der Waals surface area (Å²) in [5, 5.41) is 4.49. The van der Waals surface area contributed by atoms with E-state index in [1.165, 1.54) is 32.9 Å². The van der Waals surface area contributed by atoms with Crippen LogP contribution in [0.2, 0.25) is 0 Å². The molecule has 0 fully saturated rings. The predicted octanol–water partition coefficient (Wildman–Crippen LogP) is 15.6.